The molecule has 0 aromatic rings. The monoisotopic (exact) mass is 283 g/mol. The average molecular weight is 283 g/mol. The Morgan fingerprint density at radius 3 is 1.60 bits per heavy atom. The van der Waals surface area contributed by atoms with Crippen molar-refractivity contribution in [2.24, 2.45) is 0 Å². The van der Waals surface area contributed by atoms with E-state index in [9.17, 15) is 0 Å². The lowest BCUT2D eigenvalue weighted by Crippen LogP contribution is -1.95. The Morgan fingerprint density at radius 2 is 1.10 bits per heavy atom. The molecule has 1 heterocycles. The molecule has 0 radical (unpaired) electrons. The summed E-state index contributed by atoms with van der Waals surface area (Å²) in [7, 11) is 0. The summed E-state index contributed by atoms with van der Waals surface area (Å²) in [6, 6.07) is 1.71. The normalized spacial score (nSPS) is 21.3. The molecule has 1 aliphatic heterocycles. The van der Waals surface area contributed by atoms with Crippen LogP contribution in [0.4, 0.5) is 0 Å². The van der Waals surface area contributed by atoms with E-state index in [0.29, 0.717) is 6.61 Å². The van der Waals surface area contributed by atoms with Gasteiger partial charge in [0.15, 0.2) is 0 Å². The van der Waals surface area contributed by atoms with Crippen LogP contribution >= 0.6 is 0 Å². The highest BCUT2D eigenvalue weighted by molar-refractivity contribution is 4.97. The summed E-state index contributed by atoms with van der Waals surface area (Å²) < 4.78 is 0. The van der Waals surface area contributed by atoms with Gasteiger partial charge in [-0.2, -0.15) is 0 Å². The SMILES string of the molecule is CCCCCCCC[C@@H]1N[C@@H]1CCCCCCCCO. The summed E-state index contributed by atoms with van der Waals surface area (Å²) in [5, 5.41) is 12.4. The molecule has 2 N–H and O–H groups in total. The number of aliphatic hydroxyl groups is 1. The van der Waals surface area contributed by atoms with Gasteiger partial charge in [-0.25, -0.2) is 0 Å². The molecule has 0 bridgehead atoms. The van der Waals surface area contributed by atoms with Gasteiger partial charge in [0.1, 0.15) is 0 Å². The molecule has 120 valence electrons. The van der Waals surface area contributed by atoms with Gasteiger partial charge in [0.25, 0.3) is 0 Å². The molecule has 2 heteroatoms. The second kappa shape index (κ2) is 12.6. The molecule has 1 aliphatic rings. The highest BCUT2D eigenvalue weighted by Gasteiger charge is 2.33. The predicted octanol–water partition coefficient (Wildman–Crippen LogP) is 4.80. The van der Waals surface area contributed by atoms with Crippen LogP contribution in [0.5, 0.6) is 0 Å². The minimum absolute atomic E-state index is 0.367. The van der Waals surface area contributed by atoms with Crippen molar-refractivity contribution in [2.75, 3.05) is 6.61 Å². The molecule has 1 saturated heterocycles. The fourth-order valence-electron chi connectivity index (χ4n) is 3.12. The number of rotatable bonds is 15. The topological polar surface area (TPSA) is 42.2 Å². The largest absolute Gasteiger partial charge is 0.396 e. The smallest absolute Gasteiger partial charge is 0.0431 e. The van der Waals surface area contributed by atoms with Gasteiger partial charge in [-0.15, -0.1) is 0 Å². The van der Waals surface area contributed by atoms with Crippen molar-refractivity contribution in [2.45, 2.75) is 109 Å². The summed E-state index contributed by atoms with van der Waals surface area (Å²) in [5.41, 5.74) is 0. The first-order chi connectivity index (χ1) is 9.88. The van der Waals surface area contributed by atoms with Gasteiger partial charge in [-0.1, -0.05) is 77.6 Å². The van der Waals surface area contributed by atoms with Crippen LogP contribution in [-0.2, 0) is 0 Å². The first-order valence-electron chi connectivity index (χ1n) is 9.25. The van der Waals surface area contributed by atoms with Gasteiger partial charge in [-0.3, -0.25) is 0 Å². The van der Waals surface area contributed by atoms with Crippen LogP contribution in [0.2, 0.25) is 0 Å². The Bertz CT molecular complexity index is 208. The number of hydrogen-bond acceptors (Lipinski definition) is 2. The maximum atomic E-state index is 8.70. The maximum Gasteiger partial charge on any atom is 0.0431 e. The van der Waals surface area contributed by atoms with Crippen molar-refractivity contribution >= 4 is 0 Å². The van der Waals surface area contributed by atoms with Crippen molar-refractivity contribution in [1.82, 2.24) is 5.32 Å². The molecule has 1 rings (SSSR count). The van der Waals surface area contributed by atoms with Crippen LogP contribution in [0.1, 0.15) is 96.8 Å². The Kier molecular flexibility index (Phi) is 11.4. The number of unbranched alkanes of at least 4 members (excludes halogenated alkanes) is 10. The highest BCUT2D eigenvalue weighted by atomic mass is 16.2. The molecule has 0 spiro atoms. The lowest BCUT2D eigenvalue weighted by Gasteiger charge is -2.01. The molecular formula is C18H37NO. The third-order valence-corrected chi connectivity index (χ3v) is 4.60. The van der Waals surface area contributed by atoms with Crippen molar-refractivity contribution < 1.29 is 5.11 Å². The Morgan fingerprint density at radius 1 is 0.650 bits per heavy atom. The van der Waals surface area contributed by atoms with E-state index in [0.717, 1.165) is 18.5 Å². The molecule has 1 fully saturated rings. The summed E-state index contributed by atoms with van der Waals surface area (Å²) in [6.07, 6.45) is 19.0. The third-order valence-electron chi connectivity index (χ3n) is 4.60. The van der Waals surface area contributed by atoms with Crippen LogP contribution in [0.3, 0.4) is 0 Å². The fraction of sp³-hybridized carbons (Fsp3) is 1.00. The van der Waals surface area contributed by atoms with E-state index in [1.165, 1.54) is 83.5 Å². The minimum Gasteiger partial charge on any atom is -0.396 e. The zero-order valence-corrected chi connectivity index (χ0v) is 13.7. The first-order valence-corrected chi connectivity index (χ1v) is 9.25. The van der Waals surface area contributed by atoms with Gasteiger partial charge in [0, 0.05) is 18.7 Å². The van der Waals surface area contributed by atoms with Gasteiger partial charge >= 0.3 is 0 Å². The molecule has 0 aromatic heterocycles. The van der Waals surface area contributed by atoms with Crippen molar-refractivity contribution in [3.05, 3.63) is 0 Å². The van der Waals surface area contributed by atoms with E-state index in [2.05, 4.69) is 12.2 Å². The fourth-order valence-corrected chi connectivity index (χ4v) is 3.12. The zero-order chi connectivity index (χ0) is 14.5. The highest BCUT2D eigenvalue weighted by Crippen LogP contribution is 2.23. The van der Waals surface area contributed by atoms with E-state index in [4.69, 9.17) is 5.11 Å². The van der Waals surface area contributed by atoms with E-state index in [1.54, 1.807) is 0 Å². The molecule has 0 saturated carbocycles. The summed E-state index contributed by atoms with van der Waals surface area (Å²) in [4.78, 5) is 0. The van der Waals surface area contributed by atoms with Crippen LogP contribution < -0.4 is 5.32 Å². The van der Waals surface area contributed by atoms with E-state index < -0.39 is 0 Å². The van der Waals surface area contributed by atoms with Crippen molar-refractivity contribution in [3.8, 4) is 0 Å². The van der Waals surface area contributed by atoms with Crippen LogP contribution in [0.15, 0.2) is 0 Å². The molecular weight excluding hydrogens is 246 g/mol. The minimum atomic E-state index is 0.367. The zero-order valence-electron chi connectivity index (χ0n) is 13.7. The molecule has 0 unspecified atom stereocenters. The average Bonchev–Trinajstić information content (AvgIpc) is 3.20. The lowest BCUT2D eigenvalue weighted by molar-refractivity contribution is 0.282. The summed E-state index contributed by atoms with van der Waals surface area (Å²) in [5.74, 6) is 0. The second-order valence-corrected chi connectivity index (χ2v) is 6.57. The quantitative estimate of drug-likeness (QED) is 0.335. The van der Waals surface area contributed by atoms with Gasteiger partial charge in [-0.05, 0) is 19.3 Å². The number of aliphatic hydroxyl groups excluding tert-OH is 1. The molecule has 20 heavy (non-hydrogen) atoms. The number of nitrogens with one attached hydrogen (secondary N) is 1. The van der Waals surface area contributed by atoms with Crippen LogP contribution in [-0.4, -0.2) is 23.8 Å². The van der Waals surface area contributed by atoms with E-state index in [-0.39, 0.29) is 0 Å². The van der Waals surface area contributed by atoms with Gasteiger partial charge < -0.3 is 10.4 Å². The van der Waals surface area contributed by atoms with E-state index >= 15 is 0 Å². The van der Waals surface area contributed by atoms with Gasteiger partial charge in [0.2, 0.25) is 0 Å². The molecule has 0 aromatic carbocycles. The summed E-state index contributed by atoms with van der Waals surface area (Å²) in [6.45, 7) is 2.65. The first kappa shape index (κ1) is 18.0. The standard InChI is InChI=1S/C18H37NO/c1-2-3-4-5-8-11-14-17-18(19-17)15-12-9-6-7-10-13-16-20/h17-20H,2-16H2,1H3/t17-,18+/m0/s1. The Hall–Kier alpha value is -0.0800. The molecule has 2 nitrogen and oxygen atoms in total. The molecule has 0 amide bonds. The number of hydrogen-bond donors (Lipinski definition) is 2. The van der Waals surface area contributed by atoms with E-state index in [1.807, 2.05) is 0 Å². The lowest BCUT2D eigenvalue weighted by atomic mass is 10.0. The van der Waals surface area contributed by atoms with Crippen molar-refractivity contribution in [1.29, 1.82) is 0 Å². The van der Waals surface area contributed by atoms with Crippen LogP contribution in [0.25, 0.3) is 0 Å². The molecule has 2 atom stereocenters. The predicted molar refractivity (Wildman–Crippen MR) is 88.1 cm³/mol. The van der Waals surface area contributed by atoms with Gasteiger partial charge in [0.05, 0.1) is 0 Å². The summed E-state index contributed by atoms with van der Waals surface area (Å²) >= 11 is 0. The van der Waals surface area contributed by atoms with Crippen LogP contribution in [0, 0.1) is 0 Å². The maximum absolute atomic E-state index is 8.70. The second-order valence-electron chi connectivity index (χ2n) is 6.57. The Labute approximate surface area is 126 Å². The third kappa shape index (κ3) is 9.77. The van der Waals surface area contributed by atoms with Crippen molar-refractivity contribution in [3.63, 3.8) is 0 Å². The Balaban J connectivity index is 1.75. The molecule has 0 aliphatic carbocycles.